The molecule has 0 bridgehead atoms. The van der Waals surface area contributed by atoms with E-state index in [-0.39, 0.29) is 12.6 Å². The highest BCUT2D eigenvalue weighted by atomic mass is 32.2. The number of nitriles is 1. The van der Waals surface area contributed by atoms with E-state index in [1.54, 1.807) is 34.1 Å². The van der Waals surface area contributed by atoms with Crippen molar-refractivity contribution in [3.05, 3.63) is 54.7 Å². The molecule has 0 radical (unpaired) electrons. The number of nitrogens with zero attached hydrogens (tertiary/aromatic N) is 8. The number of hydrogen-bond acceptors (Lipinski definition) is 8. The molecule has 186 valence electrons. The van der Waals surface area contributed by atoms with Crippen LogP contribution in [0.3, 0.4) is 0 Å². The van der Waals surface area contributed by atoms with Gasteiger partial charge in [0.1, 0.15) is 11.9 Å². The summed E-state index contributed by atoms with van der Waals surface area (Å²) in [5.74, 6) is 0.886. The third-order valence-corrected chi connectivity index (χ3v) is 7.08. The Hall–Kier alpha value is -3.75. The first kappa shape index (κ1) is 24.0. The van der Waals surface area contributed by atoms with Crippen molar-refractivity contribution in [1.82, 2.24) is 24.4 Å². The molecule has 0 amide bonds. The average molecular weight is 505 g/mol. The maximum absolute atomic E-state index is 12.0. The average Bonchev–Trinajstić information content (AvgIpc) is 3.50. The minimum atomic E-state index is -2.09. The summed E-state index contributed by atoms with van der Waals surface area (Å²) in [6.07, 6.45) is 14.0. The molecule has 4 aromatic heterocycles. The Balaban J connectivity index is 1.46. The summed E-state index contributed by atoms with van der Waals surface area (Å²) < 4.78 is 19.9. The maximum Gasteiger partial charge on any atom is 0.128 e. The number of rotatable bonds is 6. The third-order valence-electron chi connectivity index (χ3n) is 6.28. The molecule has 5 rings (SSSR count). The van der Waals surface area contributed by atoms with Crippen LogP contribution in [0.15, 0.2) is 53.5 Å². The molecule has 0 unspecified atom stereocenters. The van der Waals surface area contributed by atoms with Gasteiger partial charge in [-0.25, -0.2) is 13.9 Å². The molecule has 0 saturated carbocycles. The summed E-state index contributed by atoms with van der Waals surface area (Å²) in [5.41, 5.74) is 4.74. The number of fused-ring (bicyclic) bond motifs is 1. The van der Waals surface area contributed by atoms with E-state index >= 15 is 0 Å². The molecule has 0 atom stereocenters. The molecule has 1 aliphatic rings. The lowest BCUT2D eigenvalue weighted by Gasteiger charge is -2.31. The maximum atomic E-state index is 12.0. The molecule has 0 spiro atoms. The van der Waals surface area contributed by atoms with Gasteiger partial charge in [0.05, 0.1) is 42.7 Å². The fourth-order valence-corrected chi connectivity index (χ4v) is 5.54. The van der Waals surface area contributed by atoms with Crippen molar-refractivity contribution in [2.24, 2.45) is 4.36 Å². The van der Waals surface area contributed by atoms with Crippen LogP contribution < -0.4 is 4.90 Å². The molecule has 1 fully saturated rings. The van der Waals surface area contributed by atoms with Crippen LogP contribution in [0.1, 0.15) is 18.4 Å². The molecular formula is C25H28N8O2S. The van der Waals surface area contributed by atoms with Crippen molar-refractivity contribution < 1.29 is 9.32 Å². The standard InChI is InChI=1S/C25H28N8O2S/c1-36(2,35)30-22-5-7-31(8-6-22)24-4-3-18(13-27-24)23-11-19(21-15-28-32(16-21)9-10-34)17-33-25(23)20(12-26)14-29-33/h3-4,11,13-17,22,34H,5-10H2,1-2H3. The lowest BCUT2D eigenvalue weighted by molar-refractivity contribution is 0.269. The summed E-state index contributed by atoms with van der Waals surface area (Å²) in [5, 5.41) is 27.6. The summed E-state index contributed by atoms with van der Waals surface area (Å²) in [4.78, 5) is 6.96. The topological polar surface area (TPSA) is 125 Å². The van der Waals surface area contributed by atoms with Crippen LogP contribution in [0.4, 0.5) is 5.82 Å². The summed E-state index contributed by atoms with van der Waals surface area (Å²) in [6.45, 7) is 2.06. The molecule has 36 heavy (non-hydrogen) atoms. The number of pyridine rings is 2. The second kappa shape index (κ2) is 9.72. The SMILES string of the molecule is CS(C)(=O)=NC1CCN(c2ccc(-c3cc(-c4cnn(CCO)c4)cn4ncc(C#N)c34)cn2)CC1. The van der Waals surface area contributed by atoms with E-state index in [4.69, 9.17) is 4.98 Å². The highest BCUT2D eigenvalue weighted by Gasteiger charge is 2.21. The van der Waals surface area contributed by atoms with Gasteiger partial charge in [-0.15, -0.1) is 0 Å². The van der Waals surface area contributed by atoms with Gasteiger partial charge >= 0.3 is 0 Å². The Morgan fingerprint density at radius 2 is 1.92 bits per heavy atom. The van der Waals surface area contributed by atoms with E-state index in [9.17, 15) is 14.6 Å². The Morgan fingerprint density at radius 3 is 2.58 bits per heavy atom. The van der Waals surface area contributed by atoms with Gasteiger partial charge < -0.3 is 10.0 Å². The van der Waals surface area contributed by atoms with Crippen molar-refractivity contribution in [2.75, 3.05) is 37.1 Å². The number of aliphatic hydroxyl groups excluding tert-OH is 1. The van der Waals surface area contributed by atoms with Gasteiger partial charge in [0.2, 0.25) is 0 Å². The Morgan fingerprint density at radius 1 is 1.11 bits per heavy atom. The van der Waals surface area contributed by atoms with E-state index in [0.29, 0.717) is 12.1 Å². The zero-order valence-electron chi connectivity index (χ0n) is 20.3. The van der Waals surface area contributed by atoms with Gasteiger partial charge in [-0.2, -0.15) is 15.5 Å². The number of aromatic nitrogens is 5. The lowest BCUT2D eigenvalue weighted by atomic mass is 10.0. The van der Waals surface area contributed by atoms with Crippen molar-refractivity contribution in [3.63, 3.8) is 0 Å². The first-order valence-corrected chi connectivity index (χ1v) is 14.1. The van der Waals surface area contributed by atoms with Crippen molar-refractivity contribution in [1.29, 1.82) is 5.26 Å². The summed E-state index contributed by atoms with van der Waals surface area (Å²) in [6, 6.07) is 8.41. The Labute approximate surface area is 210 Å². The summed E-state index contributed by atoms with van der Waals surface area (Å²) >= 11 is 0. The lowest BCUT2D eigenvalue weighted by Crippen LogP contribution is -2.36. The van der Waals surface area contributed by atoms with E-state index in [1.165, 1.54) is 0 Å². The van der Waals surface area contributed by atoms with Crippen LogP contribution in [-0.4, -0.2) is 71.9 Å². The number of aliphatic hydroxyl groups is 1. The Bertz CT molecular complexity index is 1540. The fraction of sp³-hybridized carbons (Fsp3) is 0.360. The first-order chi connectivity index (χ1) is 17.3. The summed E-state index contributed by atoms with van der Waals surface area (Å²) in [7, 11) is -2.09. The van der Waals surface area contributed by atoms with Crippen LogP contribution in [-0.2, 0) is 16.3 Å². The zero-order chi connectivity index (χ0) is 25.3. The number of piperidine rings is 1. The van der Waals surface area contributed by atoms with Gasteiger partial charge in [0, 0.05) is 76.2 Å². The van der Waals surface area contributed by atoms with Crippen LogP contribution in [0, 0.1) is 11.3 Å². The smallest absolute Gasteiger partial charge is 0.128 e. The van der Waals surface area contributed by atoms with E-state index in [0.717, 1.165) is 59.5 Å². The minimum absolute atomic E-state index is 0.0121. The largest absolute Gasteiger partial charge is 0.394 e. The van der Waals surface area contributed by atoms with Crippen LogP contribution >= 0.6 is 0 Å². The molecule has 0 aromatic carbocycles. The first-order valence-electron chi connectivity index (χ1n) is 11.8. The second-order valence-corrected chi connectivity index (χ2v) is 11.8. The minimum Gasteiger partial charge on any atom is -0.394 e. The number of hydrogen-bond donors (Lipinski definition) is 1. The molecule has 0 aliphatic carbocycles. The van der Waals surface area contributed by atoms with Crippen LogP contribution in [0.25, 0.3) is 27.8 Å². The van der Waals surface area contributed by atoms with E-state index < -0.39 is 9.73 Å². The number of anilines is 1. The highest BCUT2D eigenvalue weighted by molar-refractivity contribution is 7.92. The fourth-order valence-electron chi connectivity index (χ4n) is 4.61. The predicted molar refractivity (Wildman–Crippen MR) is 139 cm³/mol. The van der Waals surface area contributed by atoms with Gasteiger partial charge in [-0.1, -0.05) is 0 Å². The molecule has 1 saturated heterocycles. The predicted octanol–water partition coefficient (Wildman–Crippen LogP) is 2.82. The molecule has 4 aromatic rings. The van der Waals surface area contributed by atoms with Crippen molar-refractivity contribution in [2.45, 2.75) is 25.4 Å². The molecule has 5 heterocycles. The van der Waals surface area contributed by atoms with Crippen LogP contribution in [0.5, 0.6) is 0 Å². The normalized spacial score (nSPS) is 14.8. The van der Waals surface area contributed by atoms with Crippen LogP contribution in [0.2, 0.25) is 0 Å². The highest BCUT2D eigenvalue weighted by Crippen LogP contribution is 2.32. The van der Waals surface area contributed by atoms with Gasteiger partial charge in [0.15, 0.2) is 0 Å². The van der Waals surface area contributed by atoms with Gasteiger partial charge in [0.25, 0.3) is 0 Å². The van der Waals surface area contributed by atoms with Gasteiger partial charge in [-0.3, -0.25) is 8.89 Å². The van der Waals surface area contributed by atoms with E-state index in [1.807, 2.05) is 36.8 Å². The second-order valence-electron chi connectivity index (χ2n) is 9.23. The molecule has 10 nitrogen and oxygen atoms in total. The zero-order valence-corrected chi connectivity index (χ0v) is 21.1. The monoisotopic (exact) mass is 504 g/mol. The van der Waals surface area contributed by atoms with Crippen molar-refractivity contribution >= 4 is 21.1 Å². The molecule has 1 N–H and O–H groups in total. The quantitative estimate of drug-likeness (QED) is 0.428. The molecule has 11 heteroatoms. The van der Waals surface area contributed by atoms with Crippen molar-refractivity contribution in [3.8, 4) is 28.3 Å². The molecular weight excluding hydrogens is 476 g/mol. The Kier molecular flexibility index (Phi) is 6.47. The van der Waals surface area contributed by atoms with Gasteiger partial charge in [-0.05, 0) is 31.0 Å². The molecule has 1 aliphatic heterocycles. The van der Waals surface area contributed by atoms with E-state index in [2.05, 4.69) is 25.5 Å². The third kappa shape index (κ3) is 4.96.